The van der Waals surface area contributed by atoms with Crippen LogP contribution in [0.4, 0.5) is 0 Å². The molecule has 0 amide bonds. The van der Waals surface area contributed by atoms with Crippen molar-refractivity contribution >= 4 is 60.7 Å². The van der Waals surface area contributed by atoms with Crippen LogP contribution in [0.2, 0.25) is 0 Å². The van der Waals surface area contributed by atoms with E-state index in [1.165, 1.54) is 66.1 Å². The smallest absolute Gasteiger partial charge is 0.0709 e. The van der Waals surface area contributed by atoms with Gasteiger partial charge in [0, 0.05) is 59.2 Å². The molecule has 7 aromatic carbocycles. The molecule has 1 unspecified atom stereocenters. The quantitative estimate of drug-likeness (QED) is 0.0980. The summed E-state index contributed by atoms with van der Waals surface area (Å²) in [4.78, 5) is 4.22. The van der Waals surface area contributed by atoms with Crippen LogP contribution in [-0.2, 0) is 20.1 Å². The first kappa shape index (κ1) is 39.1. The van der Waals surface area contributed by atoms with Gasteiger partial charge < -0.3 is 14.1 Å². The number of hydrogen-bond acceptors (Lipinski definition) is 1. The molecule has 269 valence electrons. The molecule has 3 radical (unpaired) electrons. The molecule has 10 rings (SSSR count). The zero-order chi connectivity index (χ0) is 36.0. The van der Waals surface area contributed by atoms with Crippen molar-refractivity contribution in [3.63, 3.8) is 0 Å². The summed E-state index contributed by atoms with van der Waals surface area (Å²) in [5, 5.41) is 5.14. The van der Waals surface area contributed by atoms with Gasteiger partial charge in [0.05, 0.1) is 29.9 Å². The molecule has 0 aliphatic carbocycles. The third-order valence-electron chi connectivity index (χ3n) is 9.39. The molecular weight excluding hydrogens is 865 g/mol. The van der Waals surface area contributed by atoms with Crippen molar-refractivity contribution in [1.29, 1.82) is 0 Å². The summed E-state index contributed by atoms with van der Waals surface area (Å²) < 4.78 is 4.72. The van der Waals surface area contributed by atoms with Crippen LogP contribution in [0, 0.1) is 6.07 Å². The molecule has 0 N–H and O–H groups in total. The third kappa shape index (κ3) is 7.97. The number of nitrogens with zero attached hydrogens (tertiary/aromatic N) is 3. The van der Waals surface area contributed by atoms with Gasteiger partial charge in [-0.05, 0) is 71.4 Å². The molecule has 0 aliphatic rings. The fourth-order valence-corrected chi connectivity index (χ4v) is 7.08. The van der Waals surface area contributed by atoms with E-state index >= 15 is 0 Å². The van der Waals surface area contributed by atoms with Crippen LogP contribution < -0.4 is 0 Å². The summed E-state index contributed by atoms with van der Waals surface area (Å²) in [6.07, 6.45) is 1.79. The van der Waals surface area contributed by atoms with Gasteiger partial charge >= 0.3 is 0 Å². The minimum absolute atomic E-state index is 0. The zero-order valence-electron chi connectivity index (χ0n) is 29.5. The minimum atomic E-state index is 0. The van der Waals surface area contributed by atoms with E-state index in [4.69, 9.17) is 7.85 Å². The Bertz CT molecular complexity index is 2460. The van der Waals surface area contributed by atoms with Crippen LogP contribution in [-0.4, -0.2) is 28.0 Å². The van der Waals surface area contributed by atoms with E-state index in [1.54, 1.807) is 6.20 Å². The van der Waals surface area contributed by atoms with Gasteiger partial charge in [-0.25, -0.2) is 0 Å². The van der Waals surface area contributed by atoms with E-state index in [1.807, 2.05) is 42.5 Å². The number of hydrogen-bond donors (Lipinski definition) is 0. The maximum absolute atomic E-state index is 4.81. The first-order chi connectivity index (χ1) is 26.2. The molecule has 0 saturated carbocycles. The molecule has 3 aromatic heterocycles. The average Bonchev–Trinajstić information content (AvgIpc) is 3.75. The zero-order valence-corrected chi connectivity index (χ0v) is 33.1. The van der Waals surface area contributed by atoms with Gasteiger partial charge in [-0.1, -0.05) is 123 Å². The van der Waals surface area contributed by atoms with Crippen molar-refractivity contribution in [1.82, 2.24) is 14.1 Å². The van der Waals surface area contributed by atoms with E-state index in [2.05, 4.69) is 175 Å². The number of benzene rings is 7. The van der Waals surface area contributed by atoms with Crippen molar-refractivity contribution in [2.45, 2.75) is 7.43 Å². The van der Waals surface area contributed by atoms with Crippen molar-refractivity contribution < 1.29 is 20.1 Å². The SMILES string of the molecule is C.[B]CP.[Ir].[c-]1ccccc1-c1ccccn1.c1ccc2c(c1)c1ccccc1n2-c1ccc(-c2ccc(-n3c4ccccc4c4ccccc43)cc2)cc1. The molecule has 1 atom stereocenters. The molecule has 55 heavy (non-hydrogen) atoms. The first-order valence-electron chi connectivity index (χ1n) is 17.7. The summed E-state index contributed by atoms with van der Waals surface area (Å²) in [5.41, 5.74) is 11.7. The van der Waals surface area contributed by atoms with E-state index < -0.39 is 0 Å². The topological polar surface area (TPSA) is 22.8 Å². The van der Waals surface area contributed by atoms with E-state index in [0.717, 1.165) is 11.3 Å². The van der Waals surface area contributed by atoms with E-state index in [0.29, 0.717) is 6.06 Å². The molecule has 10 aromatic rings. The normalized spacial score (nSPS) is 10.5. The molecule has 6 heteroatoms. The summed E-state index contributed by atoms with van der Waals surface area (Å²) >= 11 is 0. The van der Waals surface area contributed by atoms with Crippen LogP contribution in [0.5, 0.6) is 0 Å². The molecule has 3 heterocycles. The monoisotopic (exact) mass is 905 g/mol. The van der Waals surface area contributed by atoms with Gasteiger partial charge in [0.2, 0.25) is 0 Å². The maximum Gasteiger partial charge on any atom is 0.0709 e. The fourth-order valence-electron chi connectivity index (χ4n) is 7.08. The van der Waals surface area contributed by atoms with Gasteiger partial charge in [0.15, 0.2) is 0 Å². The summed E-state index contributed by atoms with van der Waals surface area (Å²) in [6, 6.07) is 69.9. The van der Waals surface area contributed by atoms with Crippen LogP contribution >= 0.6 is 9.24 Å². The Labute approximate surface area is 340 Å². The van der Waals surface area contributed by atoms with Crippen LogP contribution in [0.25, 0.3) is 77.4 Å². The fraction of sp³-hybridized carbons (Fsp3) is 0.0408. The van der Waals surface area contributed by atoms with Gasteiger partial charge in [0.1, 0.15) is 0 Å². The molecule has 0 spiro atoms. The Morgan fingerprint density at radius 1 is 0.473 bits per heavy atom. The molecule has 0 bridgehead atoms. The Balaban J connectivity index is 0.000000256. The molecule has 3 nitrogen and oxygen atoms in total. The van der Waals surface area contributed by atoms with Crippen molar-refractivity contribution in [3.05, 3.63) is 200 Å². The number of para-hydroxylation sites is 4. The second-order valence-corrected chi connectivity index (χ2v) is 13.0. The Morgan fingerprint density at radius 3 is 1.18 bits per heavy atom. The maximum atomic E-state index is 4.81. The summed E-state index contributed by atoms with van der Waals surface area (Å²) in [6.45, 7) is 0. The average molecular weight is 905 g/mol. The Morgan fingerprint density at radius 2 is 0.836 bits per heavy atom. The van der Waals surface area contributed by atoms with Gasteiger partial charge in [-0.15, -0.1) is 45.1 Å². The van der Waals surface area contributed by atoms with Crippen molar-refractivity contribution in [3.8, 4) is 33.8 Å². The largest absolute Gasteiger partial charge is 0.309 e. The number of pyridine rings is 1. The van der Waals surface area contributed by atoms with Gasteiger partial charge in [-0.3, -0.25) is 0 Å². The molecule has 0 fully saturated rings. The van der Waals surface area contributed by atoms with Crippen molar-refractivity contribution in [2.75, 3.05) is 6.06 Å². The molecule has 0 aliphatic heterocycles. The second kappa shape index (κ2) is 18.2. The third-order valence-corrected chi connectivity index (χ3v) is 9.39. The summed E-state index contributed by atoms with van der Waals surface area (Å²) in [5.74, 6) is 0. The predicted molar refractivity (Wildman–Crippen MR) is 236 cm³/mol. The van der Waals surface area contributed by atoms with E-state index in [-0.39, 0.29) is 27.5 Å². The minimum Gasteiger partial charge on any atom is -0.309 e. The van der Waals surface area contributed by atoms with Gasteiger partial charge in [0.25, 0.3) is 0 Å². The Hall–Kier alpha value is -5.57. The van der Waals surface area contributed by atoms with Crippen LogP contribution in [0.15, 0.2) is 194 Å². The Kier molecular flexibility index (Phi) is 12.9. The van der Waals surface area contributed by atoms with E-state index in [9.17, 15) is 0 Å². The van der Waals surface area contributed by atoms with Crippen LogP contribution in [0.1, 0.15) is 7.43 Å². The molecule has 0 saturated heterocycles. The summed E-state index contributed by atoms with van der Waals surface area (Å²) in [7, 11) is 7.17. The van der Waals surface area contributed by atoms with Crippen molar-refractivity contribution in [2.24, 2.45) is 0 Å². The van der Waals surface area contributed by atoms with Gasteiger partial charge in [-0.2, -0.15) is 0 Å². The first-order valence-corrected chi connectivity index (χ1v) is 18.5. The number of rotatable bonds is 4. The predicted octanol–water partition coefficient (Wildman–Crippen LogP) is 12.7. The number of aromatic nitrogens is 3. The molecular formula is C49H40BIrN3P-. The second-order valence-electron chi connectivity index (χ2n) is 12.6. The standard InChI is InChI=1S/C36H24N2.C11H8N.CH4BP.CH4.Ir/c1-5-13-33-29(9-1)30-10-2-6-14-34(30)37(33)27-21-17-25(18-22-27)26-19-23-28(24-20-26)38-35-15-7-3-11-31(35)32-12-4-8-16-36(32)38;1-2-6-10(7-3-1)11-8-4-5-9-12-11;2-1-3;;/h1-24H;1-6,8-9H;1,3H2;1H4;/q;-1;;;. The number of fused-ring (bicyclic) bond motifs is 6. The van der Waals surface area contributed by atoms with Crippen LogP contribution in [0.3, 0.4) is 0 Å².